The van der Waals surface area contributed by atoms with E-state index >= 15 is 0 Å². The number of hydrogen-bond donors (Lipinski definition) is 1. The molecule has 0 amide bonds. The minimum atomic E-state index is -3.39. The molecule has 108 valence electrons. The third-order valence-electron chi connectivity index (χ3n) is 2.48. The summed E-state index contributed by atoms with van der Waals surface area (Å²) >= 11 is 11.7. The van der Waals surface area contributed by atoms with Crippen LogP contribution in [0, 0.1) is 0 Å². The number of hydrogen-bond acceptors (Lipinski definition) is 4. The van der Waals surface area contributed by atoms with E-state index in [1.807, 2.05) is 0 Å². The fourth-order valence-corrected chi connectivity index (χ4v) is 3.63. The Morgan fingerprint density at radius 1 is 1.26 bits per heavy atom. The Labute approximate surface area is 124 Å². The van der Waals surface area contributed by atoms with Gasteiger partial charge in [0.2, 0.25) is 0 Å². The van der Waals surface area contributed by atoms with Crippen LogP contribution in [0.25, 0.3) is 0 Å². The first kappa shape index (κ1) is 16.7. The largest absolute Gasteiger partial charge is 0.383 e. The van der Waals surface area contributed by atoms with Crippen molar-refractivity contribution in [3.8, 4) is 0 Å². The number of ether oxygens (including phenoxy) is 1. The number of methoxy groups -OCH3 is 1. The van der Waals surface area contributed by atoms with Crippen LogP contribution < -0.4 is 5.32 Å². The summed E-state index contributed by atoms with van der Waals surface area (Å²) in [6.07, 6.45) is 0.509. The van der Waals surface area contributed by atoms with Gasteiger partial charge >= 0.3 is 0 Å². The van der Waals surface area contributed by atoms with Crippen LogP contribution in [0.15, 0.2) is 23.1 Å². The van der Waals surface area contributed by atoms with Gasteiger partial charge in [-0.1, -0.05) is 23.2 Å². The molecule has 0 unspecified atom stereocenters. The number of sulfone groups is 1. The number of nitrogens with one attached hydrogen (secondary N) is 1. The molecule has 0 aliphatic heterocycles. The predicted molar refractivity (Wildman–Crippen MR) is 77.9 cm³/mol. The Bertz CT molecular complexity index is 506. The highest BCUT2D eigenvalue weighted by Gasteiger charge is 2.18. The van der Waals surface area contributed by atoms with Gasteiger partial charge in [0.1, 0.15) is 0 Å². The molecule has 1 N–H and O–H groups in total. The summed E-state index contributed by atoms with van der Waals surface area (Å²) < 4.78 is 29.1. The first-order valence-electron chi connectivity index (χ1n) is 5.85. The summed E-state index contributed by atoms with van der Waals surface area (Å²) in [5, 5.41) is 3.66. The molecule has 0 atom stereocenters. The quantitative estimate of drug-likeness (QED) is 0.746. The summed E-state index contributed by atoms with van der Waals surface area (Å²) in [6.45, 7) is 1.92. The standard InChI is InChI=1S/C12H17Cl2NO3S/c1-18-7-6-15-5-2-8-19(16,17)12-9-10(13)3-4-11(12)14/h3-4,9,15H,2,5-8H2,1H3. The molecular weight excluding hydrogens is 309 g/mol. The summed E-state index contributed by atoms with van der Waals surface area (Å²) in [6, 6.07) is 4.44. The Hall–Kier alpha value is -0.330. The van der Waals surface area contributed by atoms with Crippen molar-refractivity contribution in [2.24, 2.45) is 0 Å². The van der Waals surface area contributed by atoms with Crippen molar-refractivity contribution >= 4 is 33.0 Å². The van der Waals surface area contributed by atoms with Crippen molar-refractivity contribution in [2.45, 2.75) is 11.3 Å². The normalized spacial score (nSPS) is 11.7. The molecule has 19 heavy (non-hydrogen) atoms. The van der Waals surface area contributed by atoms with Gasteiger partial charge in [-0.15, -0.1) is 0 Å². The van der Waals surface area contributed by atoms with Gasteiger partial charge < -0.3 is 10.1 Å². The van der Waals surface area contributed by atoms with E-state index in [9.17, 15) is 8.42 Å². The first-order valence-corrected chi connectivity index (χ1v) is 8.25. The maximum atomic E-state index is 12.1. The molecule has 1 rings (SSSR count). The zero-order valence-corrected chi connectivity index (χ0v) is 13.0. The average Bonchev–Trinajstić information content (AvgIpc) is 2.36. The van der Waals surface area contributed by atoms with E-state index in [0.717, 1.165) is 0 Å². The highest BCUT2D eigenvalue weighted by atomic mass is 35.5. The molecule has 4 nitrogen and oxygen atoms in total. The number of halogens is 2. The average molecular weight is 326 g/mol. The summed E-state index contributed by atoms with van der Waals surface area (Å²) in [5.41, 5.74) is 0. The molecule has 0 aliphatic carbocycles. The third-order valence-corrected chi connectivity index (χ3v) is 4.99. The lowest BCUT2D eigenvalue weighted by Gasteiger charge is -2.07. The van der Waals surface area contributed by atoms with Crippen LogP contribution in [0.4, 0.5) is 0 Å². The van der Waals surface area contributed by atoms with E-state index in [2.05, 4.69) is 5.32 Å². The molecule has 0 spiro atoms. The summed E-state index contributed by atoms with van der Waals surface area (Å²) in [4.78, 5) is 0.0959. The number of benzene rings is 1. The van der Waals surface area contributed by atoms with Crippen molar-refractivity contribution < 1.29 is 13.2 Å². The van der Waals surface area contributed by atoms with Gasteiger partial charge in [0.15, 0.2) is 9.84 Å². The van der Waals surface area contributed by atoms with Gasteiger partial charge in [0.05, 0.1) is 22.3 Å². The lowest BCUT2D eigenvalue weighted by atomic mass is 10.4. The van der Waals surface area contributed by atoms with Crippen molar-refractivity contribution in [1.29, 1.82) is 0 Å². The Morgan fingerprint density at radius 2 is 2.00 bits per heavy atom. The monoisotopic (exact) mass is 325 g/mol. The van der Waals surface area contributed by atoms with Crippen LogP contribution in [-0.2, 0) is 14.6 Å². The topological polar surface area (TPSA) is 55.4 Å². The SMILES string of the molecule is COCCNCCCS(=O)(=O)c1cc(Cl)ccc1Cl. The second-order valence-electron chi connectivity index (χ2n) is 3.99. The van der Waals surface area contributed by atoms with Gasteiger partial charge in [-0.25, -0.2) is 8.42 Å². The Morgan fingerprint density at radius 3 is 2.68 bits per heavy atom. The molecule has 0 bridgehead atoms. The van der Waals surface area contributed by atoms with Crippen LogP contribution in [0.1, 0.15) is 6.42 Å². The Kier molecular flexibility index (Phi) is 7.10. The van der Waals surface area contributed by atoms with Gasteiger partial charge in [0.25, 0.3) is 0 Å². The molecule has 0 heterocycles. The maximum absolute atomic E-state index is 12.1. The fraction of sp³-hybridized carbons (Fsp3) is 0.500. The molecular formula is C12H17Cl2NO3S. The van der Waals surface area contributed by atoms with Crippen molar-refractivity contribution in [1.82, 2.24) is 5.32 Å². The molecule has 1 aromatic carbocycles. The van der Waals surface area contributed by atoms with Crippen LogP contribution in [0.5, 0.6) is 0 Å². The van der Waals surface area contributed by atoms with E-state index in [1.165, 1.54) is 12.1 Å². The van der Waals surface area contributed by atoms with Gasteiger partial charge in [0, 0.05) is 18.7 Å². The fourth-order valence-electron chi connectivity index (χ4n) is 1.51. The molecule has 0 aliphatic rings. The maximum Gasteiger partial charge on any atom is 0.179 e. The predicted octanol–water partition coefficient (Wildman–Crippen LogP) is 2.39. The van der Waals surface area contributed by atoms with E-state index in [4.69, 9.17) is 27.9 Å². The van der Waals surface area contributed by atoms with Crippen molar-refractivity contribution in [2.75, 3.05) is 32.6 Å². The van der Waals surface area contributed by atoms with E-state index < -0.39 is 9.84 Å². The van der Waals surface area contributed by atoms with Gasteiger partial charge in [-0.05, 0) is 31.2 Å². The smallest absolute Gasteiger partial charge is 0.179 e. The highest BCUT2D eigenvalue weighted by molar-refractivity contribution is 7.91. The van der Waals surface area contributed by atoms with Crippen molar-refractivity contribution in [3.05, 3.63) is 28.2 Å². The summed E-state index contributed by atoms with van der Waals surface area (Å²) in [7, 11) is -1.78. The summed E-state index contributed by atoms with van der Waals surface area (Å²) in [5.74, 6) is 0.0348. The van der Waals surface area contributed by atoms with Crippen LogP contribution in [0.3, 0.4) is 0 Å². The van der Waals surface area contributed by atoms with E-state index in [-0.39, 0.29) is 15.7 Å². The van der Waals surface area contributed by atoms with Gasteiger partial charge in [-0.3, -0.25) is 0 Å². The molecule has 0 fully saturated rings. The minimum Gasteiger partial charge on any atom is -0.383 e. The first-order chi connectivity index (χ1) is 8.97. The molecule has 0 saturated carbocycles. The zero-order chi connectivity index (χ0) is 14.3. The van der Waals surface area contributed by atoms with Crippen LogP contribution in [-0.4, -0.2) is 41.0 Å². The van der Waals surface area contributed by atoms with E-state index in [1.54, 1.807) is 13.2 Å². The van der Waals surface area contributed by atoms with Gasteiger partial charge in [-0.2, -0.15) is 0 Å². The third kappa shape index (κ3) is 5.67. The second-order valence-corrected chi connectivity index (χ2v) is 6.91. The van der Waals surface area contributed by atoms with Crippen LogP contribution >= 0.6 is 23.2 Å². The second kappa shape index (κ2) is 8.07. The zero-order valence-electron chi connectivity index (χ0n) is 10.7. The molecule has 0 saturated heterocycles. The lowest BCUT2D eigenvalue weighted by Crippen LogP contribution is -2.22. The highest BCUT2D eigenvalue weighted by Crippen LogP contribution is 2.26. The molecule has 7 heteroatoms. The van der Waals surface area contributed by atoms with Crippen LogP contribution in [0.2, 0.25) is 10.0 Å². The minimum absolute atomic E-state index is 0.0348. The Balaban J connectivity index is 2.54. The molecule has 1 aromatic rings. The molecule has 0 radical (unpaired) electrons. The van der Waals surface area contributed by atoms with E-state index in [0.29, 0.717) is 31.1 Å². The lowest BCUT2D eigenvalue weighted by molar-refractivity contribution is 0.199. The molecule has 0 aromatic heterocycles. The van der Waals surface area contributed by atoms with Crippen molar-refractivity contribution in [3.63, 3.8) is 0 Å². The number of rotatable bonds is 8.